The third-order valence-electron chi connectivity index (χ3n) is 1.57. The van der Waals surface area contributed by atoms with Crippen LogP contribution in [0.2, 0.25) is 0 Å². The summed E-state index contributed by atoms with van der Waals surface area (Å²) < 4.78 is 3.71. The Balaban J connectivity index is 2.63. The standard InChI is InChI=1S/C5H9Cl2NO/c1-3(2)4(8)5(6,7)9-4/h3H,8H2,1-2H3. The molecule has 0 aliphatic carbocycles. The van der Waals surface area contributed by atoms with Crippen LogP contribution in [-0.2, 0) is 4.74 Å². The number of halogens is 2. The largest absolute Gasteiger partial charge is 0.316 e. The lowest BCUT2D eigenvalue weighted by molar-refractivity contribution is 0.244. The minimum Gasteiger partial charge on any atom is -0.316 e. The molecule has 0 bridgehead atoms. The van der Waals surface area contributed by atoms with Crippen LogP contribution in [0.3, 0.4) is 0 Å². The highest BCUT2D eigenvalue weighted by molar-refractivity contribution is 6.50. The number of hydrogen-bond acceptors (Lipinski definition) is 2. The SMILES string of the molecule is CC(C)C1(N)OC1(Cl)Cl. The van der Waals surface area contributed by atoms with Crippen LogP contribution in [-0.4, -0.2) is 10.2 Å². The number of epoxide rings is 1. The minimum absolute atomic E-state index is 0.146. The Morgan fingerprint density at radius 2 is 1.78 bits per heavy atom. The molecule has 2 N–H and O–H groups in total. The van der Waals surface area contributed by atoms with E-state index in [9.17, 15) is 0 Å². The summed E-state index contributed by atoms with van der Waals surface area (Å²) in [5.41, 5.74) is 4.76. The van der Waals surface area contributed by atoms with Crippen LogP contribution in [0.5, 0.6) is 0 Å². The number of nitrogens with two attached hydrogens (primary N) is 1. The Kier molecular flexibility index (Phi) is 1.48. The first-order chi connectivity index (χ1) is 3.90. The molecule has 1 fully saturated rings. The van der Waals surface area contributed by atoms with Gasteiger partial charge in [0.05, 0.1) is 0 Å². The van der Waals surface area contributed by atoms with Gasteiger partial charge in [-0.3, -0.25) is 5.73 Å². The quantitative estimate of drug-likeness (QED) is 0.477. The zero-order chi connectivity index (χ0) is 7.28. The van der Waals surface area contributed by atoms with E-state index in [2.05, 4.69) is 0 Å². The molecule has 1 atom stereocenters. The average molecular weight is 170 g/mol. The molecular formula is C5H9Cl2NO. The van der Waals surface area contributed by atoms with E-state index in [1.165, 1.54) is 0 Å². The monoisotopic (exact) mass is 169 g/mol. The van der Waals surface area contributed by atoms with Gasteiger partial charge in [0.2, 0.25) is 0 Å². The molecule has 1 aliphatic heterocycles. The van der Waals surface area contributed by atoms with Crippen LogP contribution in [0.1, 0.15) is 13.8 Å². The van der Waals surface area contributed by atoms with Crippen LogP contribution in [0, 0.1) is 5.92 Å². The summed E-state index contributed by atoms with van der Waals surface area (Å²) in [6, 6.07) is 0. The second-order valence-electron chi connectivity index (χ2n) is 2.57. The molecule has 54 valence electrons. The van der Waals surface area contributed by atoms with E-state index in [1.54, 1.807) is 0 Å². The molecular weight excluding hydrogens is 161 g/mol. The van der Waals surface area contributed by atoms with E-state index in [1.807, 2.05) is 13.8 Å². The van der Waals surface area contributed by atoms with Crippen LogP contribution < -0.4 is 5.73 Å². The second-order valence-corrected chi connectivity index (χ2v) is 3.82. The van der Waals surface area contributed by atoms with E-state index in [-0.39, 0.29) is 5.92 Å². The van der Waals surface area contributed by atoms with E-state index in [0.29, 0.717) is 0 Å². The predicted molar refractivity (Wildman–Crippen MR) is 37.3 cm³/mol. The Labute approximate surface area is 64.3 Å². The van der Waals surface area contributed by atoms with Gasteiger partial charge in [0.15, 0.2) is 5.72 Å². The highest BCUT2D eigenvalue weighted by Gasteiger charge is 2.68. The average Bonchev–Trinajstić information content (AvgIpc) is 2.08. The summed E-state index contributed by atoms with van der Waals surface area (Å²) in [5, 5.41) is 0. The lowest BCUT2D eigenvalue weighted by atomic mass is 10.1. The lowest BCUT2D eigenvalue weighted by Gasteiger charge is -2.09. The van der Waals surface area contributed by atoms with Crippen molar-refractivity contribution in [3.05, 3.63) is 0 Å². The van der Waals surface area contributed by atoms with Crippen LogP contribution >= 0.6 is 23.2 Å². The van der Waals surface area contributed by atoms with Crippen molar-refractivity contribution in [1.29, 1.82) is 0 Å². The predicted octanol–water partition coefficient (Wildman–Crippen LogP) is 1.46. The number of ether oxygens (including phenoxy) is 1. The van der Waals surface area contributed by atoms with E-state index in [4.69, 9.17) is 33.7 Å². The maximum atomic E-state index is 5.58. The molecule has 0 spiro atoms. The Morgan fingerprint density at radius 1 is 1.44 bits per heavy atom. The van der Waals surface area contributed by atoms with Crippen LogP contribution in [0.4, 0.5) is 0 Å². The van der Waals surface area contributed by atoms with Crippen molar-refractivity contribution in [1.82, 2.24) is 0 Å². The maximum absolute atomic E-state index is 5.58. The first-order valence-electron chi connectivity index (χ1n) is 2.77. The van der Waals surface area contributed by atoms with Gasteiger partial charge in [0, 0.05) is 5.92 Å². The molecule has 1 rings (SSSR count). The first-order valence-corrected chi connectivity index (χ1v) is 3.52. The fourth-order valence-corrected chi connectivity index (χ4v) is 1.33. The highest BCUT2D eigenvalue weighted by atomic mass is 35.5. The van der Waals surface area contributed by atoms with Crippen molar-refractivity contribution in [3.8, 4) is 0 Å². The van der Waals surface area contributed by atoms with E-state index in [0.717, 1.165) is 0 Å². The number of rotatable bonds is 1. The zero-order valence-electron chi connectivity index (χ0n) is 5.32. The summed E-state index contributed by atoms with van der Waals surface area (Å²) in [6.45, 7) is 3.82. The summed E-state index contributed by atoms with van der Waals surface area (Å²) in [7, 11) is 0. The third-order valence-corrected chi connectivity index (χ3v) is 2.31. The van der Waals surface area contributed by atoms with Gasteiger partial charge in [0.1, 0.15) is 0 Å². The van der Waals surface area contributed by atoms with Gasteiger partial charge in [0.25, 0.3) is 4.52 Å². The van der Waals surface area contributed by atoms with Gasteiger partial charge in [-0.25, -0.2) is 0 Å². The fraction of sp³-hybridized carbons (Fsp3) is 1.00. The van der Waals surface area contributed by atoms with Crippen molar-refractivity contribution < 1.29 is 4.74 Å². The van der Waals surface area contributed by atoms with Crippen molar-refractivity contribution in [2.24, 2.45) is 11.7 Å². The molecule has 4 heteroatoms. The Bertz CT molecular complexity index is 137. The maximum Gasteiger partial charge on any atom is 0.263 e. The van der Waals surface area contributed by atoms with Gasteiger partial charge in [-0.05, 0) is 0 Å². The summed E-state index contributed by atoms with van der Waals surface area (Å²) in [5.74, 6) is 0.146. The molecule has 0 radical (unpaired) electrons. The normalized spacial score (nSPS) is 39.3. The molecule has 0 amide bonds. The molecule has 0 saturated carbocycles. The van der Waals surface area contributed by atoms with Gasteiger partial charge in [-0.2, -0.15) is 0 Å². The molecule has 1 heterocycles. The molecule has 0 aromatic heterocycles. The van der Waals surface area contributed by atoms with Crippen LogP contribution in [0.15, 0.2) is 0 Å². The summed E-state index contributed by atoms with van der Waals surface area (Å²) >= 11 is 11.1. The van der Waals surface area contributed by atoms with Gasteiger partial charge >= 0.3 is 0 Å². The lowest BCUT2D eigenvalue weighted by Crippen LogP contribution is -2.35. The van der Waals surface area contributed by atoms with Crippen molar-refractivity contribution in [3.63, 3.8) is 0 Å². The smallest absolute Gasteiger partial charge is 0.263 e. The Hall–Kier alpha value is 0.500. The molecule has 0 aromatic rings. The number of alkyl halides is 2. The summed E-state index contributed by atoms with van der Waals surface area (Å²) in [6.07, 6.45) is 0. The fourth-order valence-electron chi connectivity index (χ4n) is 0.641. The Morgan fingerprint density at radius 3 is 1.78 bits per heavy atom. The topological polar surface area (TPSA) is 38.5 Å². The van der Waals surface area contributed by atoms with Gasteiger partial charge in [-0.15, -0.1) is 0 Å². The second kappa shape index (κ2) is 1.76. The minimum atomic E-state index is -1.15. The highest BCUT2D eigenvalue weighted by Crippen LogP contribution is 2.54. The van der Waals surface area contributed by atoms with Crippen LogP contribution in [0.25, 0.3) is 0 Å². The molecule has 9 heavy (non-hydrogen) atoms. The van der Waals surface area contributed by atoms with E-state index >= 15 is 0 Å². The third kappa shape index (κ3) is 0.944. The molecule has 1 saturated heterocycles. The molecule has 0 aromatic carbocycles. The number of hydrogen-bond donors (Lipinski definition) is 1. The van der Waals surface area contributed by atoms with Crippen molar-refractivity contribution in [2.45, 2.75) is 24.1 Å². The van der Waals surface area contributed by atoms with Gasteiger partial charge < -0.3 is 4.74 Å². The van der Waals surface area contributed by atoms with E-state index < -0.39 is 10.2 Å². The zero-order valence-corrected chi connectivity index (χ0v) is 6.83. The first kappa shape index (κ1) is 7.61. The molecule has 1 unspecified atom stereocenters. The van der Waals surface area contributed by atoms with Gasteiger partial charge in [-0.1, -0.05) is 37.0 Å². The molecule has 2 nitrogen and oxygen atoms in total. The molecule has 1 aliphatic rings. The van der Waals surface area contributed by atoms with Crippen molar-refractivity contribution in [2.75, 3.05) is 0 Å². The van der Waals surface area contributed by atoms with Crippen molar-refractivity contribution >= 4 is 23.2 Å². The summed E-state index contributed by atoms with van der Waals surface area (Å²) in [4.78, 5) is 0.